The van der Waals surface area contributed by atoms with Crippen LogP contribution in [0.4, 0.5) is 13.2 Å². The maximum absolute atomic E-state index is 12.8. The quantitative estimate of drug-likeness (QED) is 0.756. The Bertz CT molecular complexity index is 775. The van der Waals surface area contributed by atoms with Crippen molar-refractivity contribution >= 4 is 33.4 Å². The number of hydrogen-bond donors (Lipinski definition) is 0. The smallest absolute Gasteiger partial charge is 0.338 e. The van der Waals surface area contributed by atoms with Crippen LogP contribution in [0.15, 0.2) is 24.3 Å². The van der Waals surface area contributed by atoms with E-state index in [1.807, 2.05) is 0 Å². The van der Waals surface area contributed by atoms with Gasteiger partial charge in [-0.25, -0.2) is 8.42 Å². The second-order valence-electron chi connectivity index (χ2n) is 5.58. The van der Waals surface area contributed by atoms with Crippen LogP contribution in [-0.2, 0) is 20.8 Å². The second kappa shape index (κ2) is 6.76. The Kier molecular flexibility index (Phi) is 5.29. The van der Waals surface area contributed by atoms with Gasteiger partial charge in [-0.2, -0.15) is 13.2 Å². The third kappa shape index (κ3) is 4.51. The summed E-state index contributed by atoms with van der Waals surface area (Å²) < 4.78 is 61.2. The average molecular weight is 382 g/mol. The molecule has 1 aromatic carbocycles. The molecule has 1 saturated heterocycles. The SMILES string of the molecule is CN(C(=O)/C=C/c1ccc(Cl)c(C(F)(F)F)c1)C1CCS(=O)(=O)C1. The maximum Gasteiger partial charge on any atom is 0.417 e. The van der Waals surface area contributed by atoms with Crippen molar-refractivity contribution in [2.75, 3.05) is 18.6 Å². The summed E-state index contributed by atoms with van der Waals surface area (Å²) in [7, 11) is -1.65. The lowest BCUT2D eigenvalue weighted by molar-refractivity contribution is -0.137. The van der Waals surface area contributed by atoms with E-state index >= 15 is 0 Å². The van der Waals surface area contributed by atoms with Crippen molar-refractivity contribution in [1.82, 2.24) is 4.90 Å². The van der Waals surface area contributed by atoms with E-state index in [9.17, 15) is 26.4 Å². The molecule has 1 atom stereocenters. The minimum atomic E-state index is -4.58. The molecule has 4 nitrogen and oxygen atoms in total. The number of carbonyl (C=O) groups excluding carboxylic acids is 1. The van der Waals surface area contributed by atoms with Gasteiger partial charge >= 0.3 is 6.18 Å². The highest BCUT2D eigenvalue weighted by molar-refractivity contribution is 7.91. The summed E-state index contributed by atoms with van der Waals surface area (Å²) in [4.78, 5) is 13.4. The van der Waals surface area contributed by atoms with Crippen LogP contribution in [-0.4, -0.2) is 43.8 Å². The third-order valence-electron chi connectivity index (χ3n) is 3.82. The zero-order valence-corrected chi connectivity index (χ0v) is 14.2. The molecule has 1 aliphatic heterocycles. The van der Waals surface area contributed by atoms with Gasteiger partial charge in [-0.05, 0) is 30.2 Å². The highest BCUT2D eigenvalue weighted by atomic mass is 35.5. The van der Waals surface area contributed by atoms with Crippen molar-refractivity contribution in [2.24, 2.45) is 0 Å². The number of rotatable bonds is 3. The fourth-order valence-electron chi connectivity index (χ4n) is 2.41. The van der Waals surface area contributed by atoms with Gasteiger partial charge in [0.05, 0.1) is 22.1 Å². The predicted octanol–water partition coefficient (Wildman–Crippen LogP) is 3.02. The maximum atomic E-state index is 12.8. The number of hydrogen-bond acceptors (Lipinski definition) is 3. The Morgan fingerprint density at radius 3 is 2.58 bits per heavy atom. The molecule has 0 aliphatic carbocycles. The summed E-state index contributed by atoms with van der Waals surface area (Å²) in [5.74, 6) is -0.534. The van der Waals surface area contributed by atoms with Crippen LogP contribution in [0.2, 0.25) is 5.02 Å². The number of likely N-dealkylation sites (N-methyl/N-ethyl adjacent to an activating group) is 1. The van der Waals surface area contributed by atoms with Gasteiger partial charge < -0.3 is 4.90 Å². The first-order valence-electron chi connectivity index (χ1n) is 7.01. The molecule has 1 fully saturated rings. The number of carbonyl (C=O) groups is 1. The van der Waals surface area contributed by atoms with Crippen LogP contribution in [0.25, 0.3) is 6.08 Å². The molecular formula is C15H15ClF3NO3S. The van der Waals surface area contributed by atoms with Gasteiger partial charge in [0, 0.05) is 19.2 Å². The Labute approximate surface area is 142 Å². The van der Waals surface area contributed by atoms with E-state index in [0.717, 1.165) is 18.2 Å². The average Bonchev–Trinajstić information content (AvgIpc) is 2.84. The molecule has 9 heteroatoms. The number of nitrogens with zero attached hydrogens (tertiary/aromatic N) is 1. The normalized spacial score (nSPS) is 20.5. The molecule has 1 unspecified atom stereocenters. The topological polar surface area (TPSA) is 54.5 Å². The van der Waals surface area contributed by atoms with Crippen LogP contribution >= 0.6 is 11.6 Å². The molecule has 1 aliphatic rings. The van der Waals surface area contributed by atoms with E-state index in [4.69, 9.17) is 11.6 Å². The molecule has 1 heterocycles. The van der Waals surface area contributed by atoms with Gasteiger partial charge in [-0.15, -0.1) is 0 Å². The zero-order valence-electron chi connectivity index (χ0n) is 12.7. The molecule has 0 aromatic heterocycles. The highest BCUT2D eigenvalue weighted by Crippen LogP contribution is 2.35. The Hall–Kier alpha value is -1.54. The van der Waals surface area contributed by atoms with Gasteiger partial charge in [0.25, 0.3) is 0 Å². The number of benzene rings is 1. The second-order valence-corrected chi connectivity index (χ2v) is 8.21. The summed E-state index contributed by atoms with van der Waals surface area (Å²) >= 11 is 5.53. The van der Waals surface area contributed by atoms with Gasteiger partial charge in [0.1, 0.15) is 0 Å². The number of sulfone groups is 1. The zero-order chi connectivity index (χ0) is 18.1. The Morgan fingerprint density at radius 1 is 1.38 bits per heavy atom. The van der Waals surface area contributed by atoms with Crippen molar-refractivity contribution in [2.45, 2.75) is 18.6 Å². The van der Waals surface area contributed by atoms with E-state index in [2.05, 4.69) is 0 Å². The van der Waals surface area contributed by atoms with Gasteiger partial charge in [0.15, 0.2) is 9.84 Å². The molecule has 0 N–H and O–H groups in total. The third-order valence-corrected chi connectivity index (χ3v) is 5.90. The fraction of sp³-hybridized carbons (Fsp3) is 0.400. The molecule has 1 aromatic rings. The largest absolute Gasteiger partial charge is 0.417 e. The Balaban J connectivity index is 2.12. The van der Waals surface area contributed by atoms with Gasteiger partial charge in [0.2, 0.25) is 5.91 Å². The van der Waals surface area contributed by atoms with Crippen molar-refractivity contribution in [3.05, 3.63) is 40.4 Å². The van der Waals surface area contributed by atoms with Crippen LogP contribution < -0.4 is 0 Å². The first-order chi connectivity index (χ1) is 11.0. The summed E-state index contributed by atoms with van der Waals surface area (Å²) in [6.07, 6.45) is -1.86. The summed E-state index contributed by atoms with van der Waals surface area (Å²) in [5, 5.41) is -0.417. The van der Waals surface area contributed by atoms with Crippen LogP contribution in [0.3, 0.4) is 0 Å². The molecule has 0 bridgehead atoms. The van der Waals surface area contributed by atoms with Gasteiger partial charge in [-0.1, -0.05) is 17.7 Å². The van der Waals surface area contributed by atoms with Crippen molar-refractivity contribution in [3.8, 4) is 0 Å². The lowest BCUT2D eigenvalue weighted by Crippen LogP contribution is -2.36. The summed E-state index contributed by atoms with van der Waals surface area (Å²) in [5.41, 5.74) is -0.804. The van der Waals surface area contributed by atoms with Crippen LogP contribution in [0.5, 0.6) is 0 Å². The lowest BCUT2D eigenvalue weighted by Gasteiger charge is -2.21. The fourth-order valence-corrected chi connectivity index (χ4v) is 4.41. The van der Waals surface area contributed by atoms with Crippen LogP contribution in [0.1, 0.15) is 17.5 Å². The van der Waals surface area contributed by atoms with E-state index in [-0.39, 0.29) is 17.1 Å². The monoisotopic (exact) mass is 381 g/mol. The highest BCUT2D eigenvalue weighted by Gasteiger charge is 2.33. The summed E-state index contributed by atoms with van der Waals surface area (Å²) in [6.45, 7) is 0. The molecule has 1 amide bonds. The standard InChI is InChI=1S/C15H15ClF3NO3S/c1-20(11-6-7-24(22,23)9-11)14(21)5-3-10-2-4-13(16)12(8-10)15(17,18)19/h2-5,8,11H,6-7,9H2,1H3/b5-3+. The van der Waals surface area contributed by atoms with E-state index < -0.39 is 38.5 Å². The van der Waals surface area contributed by atoms with Crippen molar-refractivity contribution in [3.63, 3.8) is 0 Å². The molecular weight excluding hydrogens is 367 g/mol. The number of alkyl halides is 3. The first kappa shape index (κ1) is 18.8. The number of halogens is 4. The lowest BCUT2D eigenvalue weighted by atomic mass is 10.1. The van der Waals surface area contributed by atoms with E-state index in [1.54, 1.807) is 0 Å². The molecule has 24 heavy (non-hydrogen) atoms. The van der Waals surface area contributed by atoms with Crippen molar-refractivity contribution < 1.29 is 26.4 Å². The van der Waals surface area contributed by atoms with E-state index in [0.29, 0.717) is 6.42 Å². The van der Waals surface area contributed by atoms with Crippen molar-refractivity contribution in [1.29, 1.82) is 0 Å². The number of amides is 1. The predicted molar refractivity (Wildman–Crippen MR) is 85.3 cm³/mol. The molecule has 132 valence electrons. The van der Waals surface area contributed by atoms with Gasteiger partial charge in [-0.3, -0.25) is 4.79 Å². The van der Waals surface area contributed by atoms with Crippen LogP contribution in [0, 0.1) is 0 Å². The minimum Gasteiger partial charge on any atom is -0.338 e. The summed E-state index contributed by atoms with van der Waals surface area (Å²) in [6, 6.07) is 2.91. The molecule has 2 rings (SSSR count). The Morgan fingerprint density at radius 2 is 2.04 bits per heavy atom. The molecule has 0 saturated carbocycles. The first-order valence-corrected chi connectivity index (χ1v) is 9.21. The minimum absolute atomic E-state index is 0.0329. The van der Waals surface area contributed by atoms with E-state index in [1.165, 1.54) is 24.1 Å². The molecule has 0 spiro atoms. The molecule has 0 radical (unpaired) electrons.